The molecule has 0 unspecified atom stereocenters. The van der Waals surface area contributed by atoms with Gasteiger partial charge in [0.05, 0.1) is 5.92 Å². The summed E-state index contributed by atoms with van der Waals surface area (Å²) >= 11 is 0. The Hall–Kier alpha value is -2.36. The molecule has 0 bridgehead atoms. The lowest BCUT2D eigenvalue weighted by atomic mass is 9.94. The van der Waals surface area contributed by atoms with Crippen LogP contribution in [0.4, 0.5) is 0 Å². The number of pyridine rings is 1. The Morgan fingerprint density at radius 1 is 1.17 bits per heavy atom. The standard InChI is InChI=1S/C20H24N2O2/c1-2-19(16-6-4-3-5-7-16)20(23)22-14-10-18(11-15-22)24-17-8-12-21-13-9-17/h3-9,12-13,18-19H,2,10-11,14-15H2,1H3/t19-/m0/s1. The fourth-order valence-corrected chi connectivity index (χ4v) is 3.26. The Labute approximate surface area is 143 Å². The molecule has 0 saturated carbocycles. The van der Waals surface area contributed by atoms with Gasteiger partial charge in [-0.15, -0.1) is 0 Å². The number of amides is 1. The highest BCUT2D eigenvalue weighted by atomic mass is 16.5. The van der Waals surface area contributed by atoms with Crippen LogP contribution >= 0.6 is 0 Å². The summed E-state index contributed by atoms with van der Waals surface area (Å²) < 4.78 is 5.98. The summed E-state index contributed by atoms with van der Waals surface area (Å²) in [5.74, 6) is 1.06. The number of carbonyl (C=O) groups excluding carboxylic acids is 1. The Kier molecular flexibility index (Phi) is 5.47. The minimum Gasteiger partial charge on any atom is -0.490 e. The molecular formula is C20H24N2O2. The number of hydrogen-bond acceptors (Lipinski definition) is 3. The summed E-state index contributed by atoms with van der Waals surface area (Å²) in [4.78, 5) is 18.9. The summed E-state index contributed by atoms with van der Waals surface area (Å²) in [7, 11) is 0. The van der Waals surface area contributed by atoms with E-state index in [1.165, 1.54) is 0 Å². The van der Waals surface area contributed by atoms with E-state index in [0.717, 1.165) is 43.7 Å². The average molecular weight is 324 g/mol. The van der Waals surface area contributed by atoms with Crippen LogP contribution < -0.4 is 4.74 Å². The van der Waals surface area contributed by atoms with Crippen LogP contribution in [0.2, 0.25) is 0 Å². The molecule has 3 rings (SSSR count). The van der Waals surface area contributed by atoms with Gasteiger partial charge in [0.15, 0.2) is 0 Å². The van der Waals surface area contributed by atoms with E-state index in [1.807, 2.05) is 47.4 Å². The summed E-state index contributed by atoms with van der Waals surface area (Å²) in [6, 6.07) is 13.8. The van der Waals surface area contributed by atoms with Crippen LogP contribution in [0.15, 0.2) is 54.9 Å². The third-order valence-electron chi connectivity index (χ3n) is 4.61. The Morgan fingerprint density at radius 2 is 1.83 bits per heavy atom. The van der Waals surface area contributed by atoms with Crippen LogP contribution in [-0.4, -0.2) is 35.0 Å². The van der Waals surface area contributed by atoms with Crippen molar-refractivity contribution in [3.63, 3.8) is 0 Å². The first-order chi connectivity index (χ1) is 11.8. The lowest BCUT2D eigenvalue weighted by molar-refractivity contribution is -0.134. The summed E-state index contributed by atoms with van der Waals surface area (Å²) in [6.07, 6.45) is 6.22. The van der Waals surface area contributed by atoms with Gasteiger partial charge in [-0.3, -0.25) is 9.78 Å². The smallest absolute Gasteiger partial charge is 0.230 e. The zero-order valence-electron chi connectivity index (χ0n) is 14.1. The fraction of sp³-hybridized carbons (Fsp3) is 0.400. The molecule has 1 aromatic carbocycles. The van der Waals surface area contributed by atoms with Crippen molar-refractivity contribution in [3.8, 4) is 5.75 Å². The molecule has 1 aliphatic heterocycles. The molecule has 0 aliphatic carbocycles. The summed E-state index contributed by atoms with van der Waals surface area (Å²) in [5.41, 5.74) is 1.11. The van der Waals surface area contributed by atoms with Crippen molar-refractivity contribution in [1.29, 1.82) is 0 Å². The Bertz CT molecular complexity index is 637. The number of rotatable bonds is 5. The topological polar surface area (TPSA) is 42.4 Å². The number of hydrogen-bond donors (Lipinski definition) is 0. The van der Waals surface area contributed by atoms with Crippen LogP contribution in [0.3, 0.4) is 0 Å². The van der Waals surface area contributed by atoms with Gasteiger partial charge in [0.2, 0.25) is 5.91 Å². The van der Waals surface area contributed by atoms with E-state index in [2.05, 4.69) is 11.9 Å². The van der Waals surface area contributed by atoms with E-state index in [4.69, 9.17) is 4.74 Å². The predicted octanol–water partition coefficient (Wildman–Crippen LogP) is 3.65. The first kappa shape index (κ1) is 16.5. The molecule has 2 heterocycles. The van der Waals surface area contributed by atoms with Gasteiger partial charge >= 0.3 is 0 Å². The van der Waals surface area contributed by atoms with Gasteiger partial charge in [0.1, 0.15) is 11.9 Å². The Balaban J connectivity index is 1.56. The van der Waals surface area contributed by atoms with Gasteiger partial charge in [-0.05, 0) is 24.1 Å². The molecule has 4 heteroatoms. The maximum Gasteiger partial charge on any atom is 0.230 e. The fourth-order valence-electron chi connectivity index (χ4n) is 3.26. The Morgan fingerprint density at radius 3 is 2.46 bits per heavy atom. The van der Waals surface area contributed by atoms with Crippen LogP contribution in [-0.2, 0) is 4.79 Å². The summed E-state index contributed by atoms with van der Waals surface area (Å²) in [6.45, 7) is 3.60. The van der Waals surface area contributed by atoms with E-state index < -0.39 is 0 Å². The molecule has 4 nitrogen and oxygen atoms in total. The van der Waals surface area contributed by atoms with Crippen molar-refractivity contribution in [3.05, 3.63) is 60.4 Å². The largest absolute Gasteiger partial charge is 0.490 e. The molecule has 1 amide bonds. The van der Waals surface area contributed by atoms with E-state index in [1.54, 1.807) is 12.4 Å². The molecule has 1 saturated heterocycles. The maximum absolute atomic E-state index is 12.9. The molecule has 1 aliphatic rings. The van der Waals surface area contributed by atoms with Crippen molar-refractivity contribution in [2.75, 3.05) is 13.1 Å². The number of piperidine rings is 1. The zero-order valence-corrected chi connectivity index (χ0v) is 14.1. The molecular weight excluding hydrogens is 300 g/mol. The first-order valence-electron chi connectivity index (χ1n) is 8.68. The van der Waals surface area contributed by atoms with E-state index in [-0.39, 0.29) is 17.9 Å². The van der Waals surface area contributed by atoms with Gasteiger partial charge in [-0.25, -0.2) is 0 Å². The number of nitrogens with zero attached hydrogens (tertiary/aromatic N) is 2. The lowest BCUT2D eigenvalue weighted by Crippen LogP contribution is -2.43. The predicted molar refractivity (Wildman–Crippen MR) is 93.9 cm³/mol. The normalized spacial score (nSPS) is 16.6. The number of aromatic nitrogens is 1. The van der Waals surface area contributed by atoms with Crippen molar-refractivity contribution < 1.29 is 9.53 Å². The average Bonchev–Trinajstić information content (AvgIpc) is 2.65. The highest BCUT2D eigenvalue weighted by Gasteiger charge is 2.28. The lowest BCUT2D eigenvalue weighted by Gasteiger charge is -2.34. The highest BCUT2D eigenvalue weighted by Crippen LogP contribution is 2.25. The molecule has 1 atom stereocenters. The second kappa shape index (κ2) is 7.95. The van der Waals surface area contributed by atoms with Crippen LogP contribution in [0.1, 0.15) is 37.7 Å². The first-order valence-corrected chi connectivity index (χ1v) is 8.68. The van der Waals surface area contributed by atoms with Crippen LogP contribution in [0, 0.1) is 0 Å². The van der Waals surface area contributed by atoms with Crippen LogP contribution in [0.5, 0.6) is 5.75 Å². The van der Waals surface area contributed by atoms with Crippen molar-refractivity contribution in [2.24, 2.45) is 0 Å². The van der Waals surface area contributed by atoms with Crippen LogP contribution in [0.25, 0.3) is 0 Å². The monoisotopic (exact) mass is 324 g/mol. The number of ether oxygens (including phenoxy) is 1. The van der Waals surface area contributed by atoms with E-state index in [9.17, 15) is 4.79 Å². The quantitative estimate of drug-likeness (QED) is 0.843. The molecule has 126 valence electrons. The van der Waals surface area contributed by atoms with Gasteiger partial charge < -0.3 is 9.64 Å². The van der Waals surface area contributed by atoms with Crippen molar-refractivity contribution in [2.45, 2.75) is 38.2 Å². The third kappa shape index (κ3) is 3.94. The number of benzene rings is 1. The SMILES string of the molecule is CC[C@H](C(=O)N1CCC(Oc2ccncc2)CC1)c1ccccc1. The van der Waals surface area contributed by atoms with E-state index >= 15 is 0 Å². The minimum absolute atomic E-state index is 0.0381. The molecule has 1 aromatic heterocycles. The minimum atomic E-state index is -0.0381. The second-order valence-corrected chi connectivity index (χ2v) is 6.20. The highest BCUT2D eigenvalue weighted by molar-refractivity contribution is 5.83. The van der Waals surface area contributed by atoms with Crippen molar-refractivity contribution in [1.82, 2.24) is 9.88 Å². The van der Waals surface area contributed by atoms with Gasteiger partial charge in [0.25, 0.3) is 0 Å². The second-order valence-electron chi connectivity index (χ2n) is 6.20. The summed E-state index contributed by atoms with van der Waals surface area (Å²) in [5, 5.41) is 0. The molecule has 0 N–H and O–H groups in total. The van der Waals surface area contributed by atoms with Crippen molar-refractivity contribution >= 4 is 5.91 Å². The van der Waals surface area contributed by atoms with Gasteiger partial charge in [-0.2, -0.15) is 0 Å². The maximum atomic E-state index is 12.9. The molecule has 0 radical (unpaired) electrons. The molecule has 24 heavy (non-hydrogen) atoms. The zero-order chi connectivity index (χ0) is 16.8. The van der Waals surface area contributed by atoms with E-state index in [0.29, 0.717) is 0 Å². The molecule has 2 aromatic rings. The van der Waals surface area contributed by atoms with Gasteiger partial charge in [-0.1, -0.05) is 37.3 Å². The van der Waals surface area contributed by atoms with Gasteiger partial charge in [0, 0.05) is 38.3 Å². The number of likely N-dealkylation sites (tertiary alicyclic amines) is 1. The molecule has 0 spiro atoms. The third-order valence-corrected chi connectivity index (χ3v) is 4.61. The molecule has 1 fully saturated rings. The number of carbonyl (C=O) groups is 1.